The summed E-state index contributed by atoms with van der Waals surface area (Å²) in [5.74, 6) is 1.50. The second-order valence-electron chi connectivity index (χ2n) is 5.26. The SMILES string of the molecule is CCCOC1CCCN(Cc2nc3ncccn3n2)C1. The van der Waals surface area contributed by atoms with Gasteiger partial charge in [-0.25, -0.2) is 9.50 Å². The van der Waals surface area contributed by atoms with Crippen molar-refractivity contribution in [2.24, 2.45) is 0 Å². The molecule has 0 amide bonds. The summed E-state index contributed by atoms with van der Waals surface area (Å²) in [5, 5.41) is 4.45. The predicted octanol–water partition coefficient (Wildman–Crippen LogP) is 1.52. The number of fused-ring (bicyclic) bond motifs is 1. The summed E-state index contributed by atoms with van der Waals surface area (Å²) in [7, 11) is 0. The molecule has 0 N–H and O–H groups in total. The van der Waals surface area contributed by atoms with E-state index >= 15 is 0 Å². The standard InChI is InChI=1S/C14H21N5O/c1-2-9-20-12-5-3-7-18(10-12)11-13-16-14-15-6-4-8-19(14)17-13/h4,6,8,12H,2-3,5,7,9-11H2,1H3. The van der Waals surface area contributed by atoms with Gasteiger partial charge in [-0.3, -0.25) is 4.90 Å². The molecule has 1 saturated heterocycles. The highest BCUT2D eigenvalue weighted by molar-refractivity contribution is 5.24. The van der Waals surface area contributed by atoms with Crippen LogP contribution in [0.2, 0.25) is 0 Å². The van der Waals surface area contributed by atoms with Gasteiger partial charge in [-0.2, -0.15) is 4.98 Å². The Labute approximate surface area is 118 Å². The average Bonchev–Trinajstić information content (AvgIpc) is 2.87. The zero-order chi connectivity index (χ0) is 13.8. The number of nitrogens with zero attached hydrogens (tertiary/aromatic N) is 5. The quantitative estimate of drug-likeness (QED) is 0.828. The van der Waals surface area contributed by atoms with Gasteiger partial charge in [0.15, 0.2) is 5.82 Å². The van der Waals surface area contributed by atoms with Crippen LogP contribution >= 0.6 is 0 Å². The highest BCUT2D eigenvalue weighted by atomic mass is 16.5. The van der Waals surface area contributed by atoms with Crippen LogP contribution in [0, 0.1) is 0 Å². The second kappa shape index (κ2) is 6.28. The van der Waals surface area contributed by atoms with Gasteiger partial charge in [0.05, 0.1) is 12.6 Å². The molecule has 2 aromatic rings. The average molecular weight is 275 g/mol. The molecule has 0 bridgehead atoms. The summed E-state index contributed by atoms with van der Waals surface area (Å²) >= 11 is 0. The first kappa shape index (κ1) is 13.5. The molecule has 6 nitrogen and oxygen atoms in total. The number of hydrogen-bond acceptors (Lipinski definition) is 5. The lowest BCUT2D eigenvalue weighted by Gasteiger charge is -2.31. The summed E-state index contributed by atoms with van der Waals surface area (Å²) in [6.07, 6.45) is 7.40. The molecule has 6 heteroatoms. The van der Waals surface area contributed by atoms with Crippen LogP contribution in [-0.4, -0.2) is 50.3 Å². The van der Waals surface area contributed by atoms with Crippen molar-refractivity contribution in [3.8, 4) is 0 Å². The Balaban J connectivity index is 1.61. The molecule has 3 heterocycles. The maximum Gasteiger partial charge on any atom is 0.252 e. The van der Waals surface area contributed by atoms with Gasteiger partial charge in [-0.1, -0.05) is 6.92 Å². The molecular formula is C14H21N5O. The Morgan fingerprint density at radius 3 is 3.25 bits per heavy atom. The third kappa shape index (κ3) is 3.13. The normalized spacial score (nSPS) is 20.6. The van der Waals surface area contributed by atoms with E-state index in [0.717, 1.165) is 44.9 Å². The van der Waals surface area contributed by atoms with Crippen molar-refractivity contribution in [1.82, 2.24) is 24.5 Å². The van der Waals surface area contributed by atoms with E-state index in [4.69, 9.17) is 4.74 Å². The molecule has 1 atom stereocenters. The molecule has 1 aliphatic rings. The van der Waals surface area contributed by atoms with Crippen molar-refractivity contribution in [2.45, 2.75) is 38.8 Å². The van der Waals surface area contributed by atoms with Gasteiger partial charge >= 0.3 is 0 Å². The van der Waals surface area contributed by atoms with Gasteiger partial charge in [0, 0.05) is 25.5 Å². The van der Waals surface area contributed by atoms with Crippen LogP contribution in [0.3, 0.4) is 0 Å². The smallest absolute Gasteiger partial charge is 0.252 e. The first-order valence-electron chi connectivity index (χ1n) is 7.35. The summed E-state index contributed by atoms with van der Waals surface area (Å²) in [6.45, 7) is 5.84. The predicted molar refractivity (Wildman–Crippen MR) is 75.3 cm³/mol. The Morgan fingerprint density at radius 2 is 2.40 bits per heavy atom. The van der Waals surface area contributed by atoms with Crippen molar-refractivity contribution >= 4 is 5.78 Å². The van der Waals surface area contributed by atoms with Crippen LogP contribution in [0.15, 0.2) is 18.5 Å². The third-order valence-corrected chi connectivity index (χ3v) is 3.55. The van der Waals surface area contributed by atoms with Gasteiger partial charge in [0.1, 0.15) is 0 Å². The van der Waals surface area contributed by atoms with E-state index in [0.29, 0.717) is 11.9 Å². The third-order valence-electron chi connectivity index (χ3n) is 3.55. The van der Waals surface area contributed by atoms with Crippen LogP contribution < -0.4 is 0 Å². The highest BCUT2D eigenvalue weighted by Gasteiger charge is 2.21. The number of hydrogen-bond donors (Lipinski definition) is 0. The number of ether oxygens (including phenoxy) is 1. The minimum Gasteiger partial charge on any atom is -0.377 e. The molecule has 0 spiro atoms. The lowest BCUT2D eigenvalue weighted by molar-refractivity contribution is -0.00282. The van der Waals surface area contributed by atoms with E-state index in [1.54, 1.807) is 10.7 Å². The molecule has 0 aromatic carbocycles. The lowest BCUT2D eigenvalue weighted by Crippen LogP contribution is -2.39. The van der Waals surface area contributed by atoms with E-state index in [2.05, 4.69) is 26.9 Å². The molecule has 1 aliphatic heterocycles. The number of aromatic nitrogens is 4. The van der Waals surface area contributed by atoms with E-state index in [9.17, 15) is 0 Å². The van der Waals surface area contributed by atoms with Crippen LogP contribution in [0.25, 0.3) is 5.78 Å². The Hall–Kier alpha value is -1.53. The molecule has 0 saturated carbocycles. The highest BCUT2D eigenvalue weighted by Crippen LogP contribution is 2.15. The summed E-state index contributed by atoms with van der Waals surface area (Å²) in [6, 6.07) is 1.86. The van der Waals surface area contributed by atoms with E-state index in [1.165, 1.54) is 6.42 Å². The summed E-state index contributed by atoms with van der Waals surface area (Å²) in [5.41, 5.74) is 0. The minimum atomic E-state index is 0.360. The lowest BCUT2D eigenvalue weighted by atomic mass is 10.1. The van der Waals surface area contributed by atoms with Crippen LogP contribution in [-0.2, 0) is 11.3 Å². The Morgan fingerprint density at radius 1 is 1.45 bits per heavy atom. The fourth-order valence-electron chi connectivity index (χ4n) is 2.62. The molecule has 1 unspecified atom stereocenters. The zero-order valence-corrected chi connectivity index (χ0v) is 11.9. The van der Waals surface area contributed by atoms with Crippen molar-refractivity contribution in [3.05, 3.63) is 24.3 Å². The first-order chi connectivity index (χ1) is 9.85. The van der Waals surface area contributed by atoms with E-state index in [1.807, 2.05) is 12.3 Å². The molecule has 0 radical (unpaired) electrons. The topological polar surface area (TPSA) is 55.5 Å². The van der Waals surface area contributed by atoms with E-state index < -0.39 is 0 Å². The van der Waals surface area contributed by atoms with Crippen molar-refractivity contribution in [1.29, 1.82) is 0 Å². The fraction of sp³-hybridized carbons (Fsp3) is 0.643. The number of rotatable bonds is 5. The molecule has 3 rings (SSSR count). The monoisotopic (exact) mass is 275 g/mol. The minimum absolute atomic E-state index is 0.360. The first-order valence-corrected chi connectivity index (χ1v) is 7.35. The zero-order valence-electron chi connectivity index (χ0n) is 11.9. The Bertz CT molecular complexity index is 522. The second-order valence-corrected chi connectivity index (χ2v) is 5.26. The molecule has 2 aromatic heterocycles. The van der Waals surface area contributed by atoms with Crippen molar-refractivity contribution in [2.75, 3.05) is 19.7 Å². The molecular weight excluding hydrogens is 254 g/mol. The van der Waals surface area contributed by atoms with Crippen LogP contribution in [0.5, 0.6) is 0 Å². The largest absolute Gasteiger partial charge is 0.377 e. The number of piperidine rings is 1. The van der Waals surface area contributed by atoms with Crippen molar-refractivity contribution in [3.63, 3.8) is 0 Å². The van der Waals surface area contributed by atoms with Crippen LogP contribution in [0.1, 0.15) is 32.0 Å². The Kier molecular flexibility index (Phi) is 4.22. The number of likely N-dealkylation sites (tertiary alicyclic amines) is 1. The van der Waals surface area contributed by atoms with Crippen molar-refractivity contribution < 1.29 is 4.74 Å². The van der Waals surface area contributed by atoms with Gasteiger partial charge in [0.25, 0.3) is 5.78 Å². The fourth-order valence-corrected chi connectivity index (χ4v) is 2.62. The molecule has 1 fully saturated rings. The van der Waals surface area contributed by atoms with Crippen LogP contribution in [0.4, 0.5) is 0 Å². The molecule has 0 aliphatic carbocycles. The summed E-state index contributed by atoms with van der Waals surface area (Å²) in [4.78, 5) is 11.0. The molecule has 20 heavy (non-hydrogen) atoms. The van der Waals surface area contributed by atoms with Gasteiger partial charge in [-0.15, -0.1) is 5.10 Å². The van der Waals surface area contributed by atoms with Gasteiger partial charge < -0.3 is 4.74 Å². The van der Waals surface area contributed by atoms with E-state index in [-0.39, 0.29) is 0 Å². The van der Waals surface area contributed by atoms with Gasteiger partial charge in [0.2, 0.25) is 0 Å². The maximum absolute atomic E-state index is 5.86. The molecule has 108 valence electrons. The van der Waals surface area contributed by atoms with Gasteiger partial charge in [-0.05, 0) is 31.9 Å². The summed E-state index contributed by atoms with van der Waals surface area (Å²) < 4.78 is 7.59. The maximum atomic E-state index is 5.86.